The van der Waals surface area contributed by atoms with Crippen LogP contribution in [0.3, 0.4) is 0 Å². The molecule has 0 aromatic heterocycles. The van der Waals surface area contributed by atoms with Crippen LogP contribution in [0.1, 0.15) is 20.8 Å². The fraction of sp³-hybridized carbons (Fsp3) is 0.833. The van der Waals surface area contributed by atoms with Crippen molar-refractivity contribution in [1.82, 2.24) is 0 Å². The highest BCUT2D eigenvalue weighted by atomic mass is 16.5. The average molecular weight is 115 g/mol. The second kappa shape index (κ2) is 3.47. The molecule has 8 heavy (non-hydrogen) atoms. The maximum absolute atomic E-state index is 7.12. The molecule has 48 valence electrons. The molecule has 0 heterocycles. The molecule has 0 amide bonds. The van der Waals surface area contributed by atoms with Crippen molar-refractivity contribution >= 4 is 5.90 Å². The minimum atomic E-state index is 0.231. The van der Waals surface area contributed by atoms with Crippen molar-refractivity contribution < 1.29 is 4.74 Å². The van der Waals surface area contributed by atoms with Crippen LogP contribution in [-0.4, -0.2) is 12.5 Å². The smallest absolute Gasteiger partial charge is 0.182 e. The van der Waals surface area contributed by atoms with Gasteiger partial charge in [-0.1, -0.05) is 13.8 Å². The summed E-state index contributed by atoms with van der Waals surface area (Å²) in [5.74, 6) is 0.613. The number of hydrogen-bond acceptors (Lipinski definition) is 2. The third-order valence-electron chi connectivity index (χ3n) is 0.824. The first-order chi connectivity index (χ1) is 3.68. The monoisotopic (exact) mass is 115 g/mol. The molecule has 0 unspecified atom stereocenters. The van der Waals surface area contributed by atoms with E-state index in [0.29, 0.717) is 12.5 Å². The fourth-order valence-electron chi connectivity index (χ4n) is 0.322. The molecule has 0 aliphatic carbocycles. The van der Waals surface area contributed by atoms with Crippen LogP contribution in [0, 0.1) is 11.3 Å². The SMILES string of the molecule is CCOC(=N)C(C)C. The van der Waals surface area contributed by atoms with Gasteiger partial charge in [0.05, 0.1) is 6.61 Å². The van der Waals surface area contributed by atoms with E-state index < -0.39 is 0 Å². The normalized spacial score (nSPS) is 9.50. The highest BCUT2D eigenvalue weighted by molar-refractivity contribution is 5.74. The minimum absolute atomic E-state index is 0.231. The van der Waals surface area contributed by atoms with Crippen LogP contribution >= 0.6 is 0 Å². The lowest BCUT2D eigenvalue weighted by atomic mass is 10.2. The van der Waals surface area contributed by atoms with Crippen molar-refractivity contribution in [2.24, 2.45) is 5.92 Å². The summed E-state index contributed by atoms with van der Waals surface area (Å²) in [6.45, 7) is 6.38. The third-order valence-corrected chi connectivity index (χ3v) is 0.824. The van der Waals surface area contributed by atoms with Gasteiger partial charge in [0.1, 0.15) is 0 Å². The molecular formula is C6H13NO. The Hall–Kier alpha value is -0.530. The van der Waals surface area contributed by atoms with Crippen LogP contribution < -0.4 is 0 Å². The van der Waals surface area contributed by atoms with Gasteiger partial charge in [0, 0.05) is 5.92 Å². The Morgan fingerprint density at radius 3 is 2.25 bits per heavy atom. The standard InChI is InChI=1S/C6H13NO/c1-4-8-6(7)5(2)3/h5,7H,4H2,1-3H3. The van der Waals surface area contributed by atoms with Crippen LogP contribution in [-0.2, 0) is 4.74 Å². The maximum atomic E-state index is 7.12. The van der Waals surface area contributed by atoms with E-state index in [9.17, 15) is 0 Å². The van der Waals surface area contributed by atoms with Gasteiger partial charge in [0.15, 0.2) is 5.90 Å². The fourth-order valence-corrected chi connectivity index (χ4v) is 0.322. The van der Waals surface area contributed by atoms with Crippen LogP contribution in [0.4, 0.5) is 0 Å². The van der Waals surface area contributed by atoms with Gasteiger partial charge in [-0.15, -0.1) is 0 Å². The van der Waals surface area contributed by atoms with Gasteiger partial charge in [0.2, 0.25) is 0 Å². The Bertz CT molecular complexity index is 78.6. The van der Waals surface area contributed by atoms with E-state index in [1.54, 1.807) is 0 Å². The van der Waals surface area contributed by atoms with E-state index in [1.807, 2.05) is 20.8 Å². The molecule has 0 aromatic rings. The van der Waals surface area contributed by atoms with E-state index in [4.69, 9.17) is 10.1 Å². The molecule has 0 aromatic carbocycles. The molecule has 0 aliphatic rings. The highest BCUT2D eigenvalue weighted by Gasteiger charge is 1.99. The van der Waals surface area contributed by atoms with Crippen molar-refractivity contribution in [2.75, 3.05) is 6.61 Å². The number of nitrogens with one attached hydrogen (secondary N) is 1. The second-order valence-corrected chi connectivity index (χ2v) is 1.95. The van der Waals surface area contributed by atoms with E-state index in [1.165, 1.54) is 0 Å². The van der Waals surface area contributed by atoms with Gasteiger partial charge in [-0.2, -0.15) is 0 Å². The molecule has 0 spiro atoms. The Kier molecular flexibility index (Phi) is 3.24. The first kappa shape index (κ1) is 7.47. The van der Waals surface area contributed by atoms with E-state index in [0.717, 1.165) is 0 Å². The summed E-state index contributed by atoms with van der Waals surface area (Å²) < 4.78 is 4.89. The van der Waals surface area contributed by atoms with Gasteiger partial charge in [0.25, 0.3) is 0 Å². The molecular weight excluding hydrogens is 102 g/mol. The van der Waals surface area contributed by atoms with Crippen LogP contribution in [0.2, 0.25) is 0 Å². The number of hydrogen-bond donors (Lipinski definition) is 1. The largest absolute Gasteiger partial charge is 0.481 e. The summed E-state index contributed by atoms with van der Waals surface area (Å²) in [6, 6.07) is 0. The molecule has 0 saturated carbocycles. The molecule has 1 N–H and O–H groups in total. The number of ether oxygens (including phenoxy) is 1. The van der Waals surface area contributed by atoms with E-state index >= 15 is 0 Å². The third kappa shape index (κ3) is 2.61. The summed E-state index contributed by atoms with van der Waals surface area (Å²) >= 11 is 0. The van der Waals surface area contributed by atoms with Crippen molar-refractivity contribution in [1.29, 1.82) is 5.41 Å². The van der Waals surface area contributed by atoms with Gasteiger partial charge in [-0.3, -0.25) is 5.41 Å². The number of rotatable bonds is 2. The molecule has 0 saturated heterocycles. The van der Waals surface area contributed by atoms with Crippen molar-refractivity contribution in [2.45, 2.75) is 20.8 Å². The molecule has 0 atom stereocenters. The Labute approximate surface area is 50.4 Å². The van der Waals surface area contributed by atoms with E-state index in [2.05, 4.69) is 0 Å². The predicted octanol–water partition coefficient (Wildman–Crippen LogP) is 1.66. The molecule has 2 heteroatoms. The van der Waals surface area contributed by atoms with Crippen molar-refractivity contribution in [3.8, 4) is 0 Å². The van der Waals surface area contributed by atoms with Gasteiger partial charge in [-0.25, -0.2) is 0 Å². The van der Waals surface area contributed by atoms with Crippen LogP contribution in [0.15, 0.2) is 0 Å². The molecule has 0 radical (unpaired) electrons. The zero-order valence-corrected chi connectivity index (χ0v) is 5.69. The molecule has 2 nitrogen and oxygen atoms in total. The Morgan fingerprint density at radius 1 is 1.62 bits per heavy atom. The topological polar surface area (TPSA) is 33.1 Å². The first-order valence-electron chi connectivity index (χ1n) is 2.89. The lowest BCUT2D eigenvalue weighted by molar-refractivity contribution is 0.303. The van der Waals surface area contributed by atoms with Gasteiger partial charge < -0.3 is 4.74 Å². The predicted molar refractivity (Wildman–Crippen MR) is 34.2 cm³/mol. The Morgan fingerprint density at radius 2 is 2.12 bits per heavy atom. The van der Waals surface area contributed by atoms with Gasteiger partial charge in [-0.05, 0) is 6.92 Å². The summed E-state index contributed by atoms with van der Waals surface area (Å²) in [6.07, 6.45) is 0. The zero-order valence-electron chi connectivity index (χ0n) is 5.69. The summed E-state index contributed by atoms with van der Waals surface area (Å²) in [5.41, 5.74) is 0. The van der Waals surface area contributed by atoms with Crippen molar-refractivity contribution in [3.63, 3.8) is 0 Å². The van der Waals surface area contributed by atoms with Gasteiger partial charge >= 0.3 is 0 Å². The first-order valence-corrected chi connectivity index (χ1v) is 2.89. The lowest BCUT2D eigenvalue weighted by Crippen LogP contribution is -2.09. The Balaban J connectivity index is 3.33. The lowest BCUT2D eigenvalue weighted by Gasteiger charge is -2.05. The molecule has 0 rings (SSSR count). The summed E-state index contributed by atoms with van der Waals surface area (Å²) in [7, 11) is 0. The molecule has 0 fully saturated rings. The van der Waals surface area contributed by atoms with Crippen LogP contribution in [0.5, 0.6) is 0 Å². The zero-order chi connectivity index (χ0) is 6.57. The maximum Gasteiger partial charge on any atom is 0.182 e. The molecule has 0 bridgehead atoms. The summed E-state index contributed by atoms with van der Waals surface area (Å²) in [4.78, 5) is 0. The second-order valence-electron chi connectivity index (χ2n) is 1.95. The van der Waals surface area contributed by atoms with E-state index in [-0.39, 0.29) is 5.92 Å². The summed E-state index contributed by atoms with van der Waals surface area (Å²) in [5, 5.41) is 7.12. The minimum Gasteiger partial charge on any atom is -0.481 e. The molecule has 0 aliphatic heterocycles. The van der Waals surface area contributed by atoms with Crippen molar-refractivity contribution in [3.05, 3.63) is 0 Å². The highest BCUT2D eigenvalue weighted by Crippen LogP contribution is 1.94. The van der Waals surface area contributed by atoms with Crippen LogP contribution in [0.25, 0.3) is 0 Å². The average Bonchev–Trinajstić information content (AvgIpc) is 1.67. The quantitative estimate of drug-likeness (QED) is 0.431.